The summed E-state index contributed by atoms with van der Waals surface area (Å²) >= 11 is 0. The predicted molar refractivity (Wildman–Crippen MR) is 136 cm³/mol. The normalized spacial score (nSPS) is 21.4. The van der Waals surface area contributed by atoms with Gasteiger partial charge in [-0.15, -0.1) is 0 Å². The van der Waals surface area contributed by atoms with Gasteiger partial charge in [0.15, 0.2) is 0 Å². The molecule has 41 heavy (non-hydrogen) atoms. The standard InChI is InChI=1S/C28H31F6N3O4/c1-17(19-13-20(27(29,30)31)15-21(14-19)28(32,33)34)41-24-9-12-37(16-23(24)18-5-3-2-4-6-18)25(38)35-22-7-10-36(11-8-22)26(39)40/h2-6,13-15,17,22-24H,7-12,16H2,1H3,(H,35,38)(H,39,40)/t17-,23+,24+/m1/s1. The Hall–Kier alpha value is -3.48. The van der Waals surface area contributed by atoms with E-state index < -0.39 is 41.8 Å². The highest BCUT2D eigenvalue weighted by Gasteiger charge is 2.39. The van der Waals surface area contributed by atoms with Gasteiger partial charge in [-0.2, -0.15) is 26.3 Å². The number of benzene rings is 2. The van der Waals surface area contributed by atoms with E-state index >= 15 is 0 Å². The second-order valence-corrected chi connectivity index (χ2v) is 10.4. The number of halogens is 6. The summed E-state index contributed by atoms with van der Waals surface area (Å²) in [5.74, 6) is -0.389. The number of likely N-dealkylation sites (tertiary alicyclic amines) is 2. The highest BCUT2D eigenvalue weighted by Crippen LogP contribution is 2.39. The minimum atomic E-state index is -4.97. The van der Waals surface area contributed by atoms with Crippen LogP contribution in [0, 0.1) is 0 Å². The Bertz CT molecular complexity index is 1180. The Labute approximate surface area is 233 Å². The summed E-state index contributed by atoms with van der Waals surface area (Å²) in [5.41, 5.74) is -2.24. The first kappa shape index (κ1) is 30.5. The van der Waals surface area contributed by atoms with Gasteiger partial charge in [-0.25, -0.2) is 9.59 Å². The molecule has 2 aromatic carbocycles. The number of carboxylic acid groups (broad SMARTS) is 1. The first-order valence-corrected chi connectivity index (χ1v) is 13.3. The van der Waals surface area contributed by atoms with Crippen LogP contribution in [0.4, 0.5) is 35.9 Å². The van der Waals surface area contributed by atoms with Gasteiger partial charge in [0.1, 0.15) is 0 Å². The number of ether oxygens (including phenoxy) is 1. The Morgan fingerprint density at radius 1 is 0.902 bits per heavy atom. The van der Waals surface area contributed by atoms with Crippen molar-refractivity contribution in [2.24, 2.45) is 0 Å². The second kappa shape index (κ2) is 12.2. The maximum atomic E-state index is 13.4. The number of piperidine rings is 2. The number of nitrogens with one attached hydrogen (secondary N) is 1. The average molecular weight is 588 g/mol. The summed E-state index contributed by atoms with van der Waals surface area (Å²) < 4.78 is 86.6. The van der Waals surface area contributed by atoms with Gasteiger partial charge in [0.25, 0.3) is 0 Å². The largest absolute Gasteiger partial charge is 0.465 e. The van der Waals surface area contributed by atoms with E-state index in [-0.39, 0.29) is 42.7 Å². The van der Waals surface area contributed by atoms with E-state index in [1.54, 1.807) is 23.1 Å². The fraction of sp³-hybridized carbons (Fsp3) is 0.500. The summed E-state index contributed by atoms with van der Waals surface area (Å²) in [6, 6.07) is 10.0. The fourth-order valence-electron chi connectivity index (χ4n) is 5.33. The minimum Gasteiger partial charge on any atom is -0.465 e. The van der Waals surface area contributed by atoms with Crippen LogP contribution in [0.2, 0.25) is 0 Å². The van der Waals surface area contributed by atoms with Crippen molar-refractivity contribution >= 4 is 12.1 Å². The number of nitrogens with zero attached hydrogens (tertiary/aromatic N) is 2. The zero-order valence-corrected chi connectivity index (χ0v) is 22.2. The van der Waals surface area contributed by atoms with Gasteiger partial charge in [0.2, 0.25) is 0 Å². The molecule has 3 amide bonds. The van der Waals surface area contributed by atoms with Crippen molar-refractivity contribution in [2.45, 2.75) is 62.7 Å². The van der Waals surface area contributed by atoms with Crippen molar-refractivity contribution in [3.63, 3.8) is 0 Å². The summed E-state index contributed by atoms with van der Waals surface area (Å²) in [5, 5.41) is 12.1. The van der Waals surface area contributed by atoms with Gasteiger partial charge >= 0.3 is 24.5 Å². The maximum absolute atomic E-state index is 13.4. The lowest BCUT2D eigenvalue weighted by Gasteiger charge is -2.40. The Morgan fingerprint density at radius 2 is 1.46 bits per heavy atom. The number of carbonyl (C=O) groups is 2. The lowest BCUT2D eigenvalue weighted by Crippen LogP contribution is -2.53. The number of urea groups is 1. The van der Waals surface area contributed by atoms with E-state index in [0.717, 1.165) is 5.56 Å². The number of hydrogen-bond donors (Lipinski definition) is 2. The number of carbonyl (C=O) groups excluding carboxylic acids is 1. The molecule has 13 heteroatoms. The molecule has 0 bridgehead atoms. The first-order chi connectivity index (χ1) is 19.2. The van der Waals surface area contributed by atoms with Crippen LogP contribution >= 0.6 is 0 Å². The Morgan fingerprint density at radius 3 is 2.00 bits per heavy atom. The topological polar surface area (TPSA) is 82.1 Å². The molecule has 0 saturated carbocycles. The number of rotatable bonds is 5. The molecule has 2 heterocycles. The summed E-state index contributed by atoms with van der Waals surface area (Å²) in [4.78, 5) is 27.1. The van der Waals surface area contributed by atoms with Crippen LogP contribution in [0.1, 0.15) is 60.5 Å². The summed E-state index contributed by atoms with van der Waals surface area (Å²) in [6.07, 6.45) is -11.3. The molecular formula is C28H31F6N3O4. The second-order valence-electron chi connectivity index (χ2n) is 10.4. The van der Waals surface area contributed by atoms with E-state index in [1.165, 1.54) is 11.8 Å². The molecule has 2 fully saturated rings. The van der Waals surface area contributed by atoms with E-state index in [9.17, 15) is 35.9 Å². The molecule has 224 valence electrons. The number of hydrogen-bond acceptors (Lipinski definition) is 3. The molecule has 0 spiro atoms. The molecule has 2 N–H and O–H groups in total. The predicted octanol–water partition coefficient (Wildman–Crippen LogP) is 6.51. The average Bonchev–Trinajstić information content (AvgIpc) is 2.92. The van der Waals surface area contributed by atoms with E-state index in [1.807, 2.05) is 12.1 Å². The lowest BCUT2D eigenvalue weighted by molar-refractivity contribution is -0.143. The molecule has 2 aliphatic rings. The van der Waals surface area contributed by atoms with Gasteiger partial charge in [0, 0.05) is 38.1 Å². The van der Waals surface area contributed by atoms with Crippen molar-refractivity contribution < 1.29 is 45.8 Å². The van der Waals surface area contributed by atoms with Crippen LogP contribution in [0.3, 0.4) is 0 Å². The van der Waals surface area contributed by atoms with Crippen LogP contribution in [0.25, 0.3) is 0 Å². The molecule has 0 unspecified atom stereocenters. The first-order valence-electron chi connectivity index (χ1n) is 13.3. The third-order valence-electron chi connectivity index (χ3n) is 7.62. The maximum Gasteiger partial charge on any atom is 0.416 e. The molecule has 0 radical (unpaired) electrons. The molecule has 4 rings (SSSR count). The lowest BCUT2D eigenvalue weighted by atomic mass is 9.87. The molecule has 2 aliphatic heterocycles. The quantitative estimate of drug-likeness (QED) is 0.391. The molecular weight excluding hydrogens is 556 g/mol. The van der Waals surface area contributed by atoms with E-state index in [4.69, 9.17) is 9.84 Å². The van der Waals surface area contributed by atoms with Crippen molar-refractivity contribution in [3.8, 4) is 0 Å². The summed E-state index contributed by atoms with van der Waals surface area (Å²) in [6.45, 7) is 2.52. The van der Waals surface area contributed by atoms with Gasteiger partial charge in [-0.3, -0.25) is 0 Å². The third kappa shape index (κ3) is 7.63. The smallest absolute Gasteiger partial charge is 0.416 e. The van der Waals surface area contributed by atoms with Gasteiger partial charge in [-0.05, 0) is 55.5 Å². The monoisotopic (exact) mass is 587 g/mol. The summed E-state index contributed by atoms with van der Waals surface area (Å²) in [7, 11) is 0. The Kier molecular flexibility index (Phi) is 9.05. The van der Waals surface area contributed by atoms with Crippen LogP contribution in [0.15, 0.2) is 48.5 Å². The van der Waals surface area contributed by atoms with Crippen molar-refractivity contribution in [2.75, 3.05) is 26.2 Å². The molecule has 0 aliphatic carbocycles. The van der Waals surface area contributed by atoms with Crippen LogP contribution in [0.5, 0.6) is 0 Å². The zero-order valence-electron chi connectivity index (χ0n) is 22.2. The van der Waals surface area contributed by atoms with Crippen molar-refractivity contribution in [3.05, 3.63) is 70.8 Å². The van der Waals surface area contributed by atoms with Crippen molar-refractivity contribution in [1.82, 2.24) is 15.1 Å². The van der Waals surface area contributed by atoms with Crippen molar-refractivity contribution in [1.29, 1.82) is 0 Å². The molecule has 2 saturated heterocycles. The van der Waals surface area contributed by atoms with E-state index in [2.05, 4.69) is 5.32 Å². The highest BCUT2D eigenvalue weighted by atomic mass is 19.4. The SMILES string of the molecule is C[C@@H](O[C@H]1CCN(C(=O)NC2CCN(C(=O)O)CC2)C[C@H]1c1ccccc1)c1cc(C(F)(F)F)cc(C(F)(F)F)c1. The molecule has 0 aromatic heterocycles. The number of alkyl halides is 6. The zero-order chi connectivity index (χ0) is 29.9. The van der Waals surface area contributed by atoms with Crippen LogP contribution in [-0.4, -0.2) is 65.4 Å². The molecule has 2 aromatic rings. The van der Waals surface area contributed by atoms with Gasteiger partial charge in [-0.1, -0.05) is 30.3 Å². The number of amides is 3. The molecule has 7 nitrogen and oxygen atoms in total. The molecule has 3 atom stereocenters. The third-order valence-corrected chi connectivity index (χ3v) is 7.62. The highest BCUT2D eigenvalue weighted by molar-refractivity contribution is 5.75. The van der Waals surface area contributed by atoms with Gasteiger partial charge in [0.05, 0.1) is 23.3 Å². The van der Waals surface area contributed by atoms with Gasteiger partial charge < -0.3 is 25.0 Å². The minimum absolute atomic E-state index is 0.0889. The Balaban J connectivity index is 1.49. The van der Waals surface area contributed by atoms with Crippen LogP contribution in [-0.2, 0) is 17.1 Å². The fourth-order valence-corrected chi connectivity index (χ4v) is 5.33. The van der Waals surface area contributed by atoms with Crippen LogP contribution < -0.4 is 5.32 Å². The van der Waals surface area contributed by atoms with E-state index in [0.29, 0.717) is 44.5 Å².